The number of methoxy groups -OCH3 is 1. The first kappa shape index (κ1) is 19.2. The summed E-state index contributed by atoms with van der Waals surface area (Å²) in [4.78, 5) is 14.7. The molecule has 1 amide bonds. The third kappa shape index (κ3) is 3.89. The van der Waals surface area contributed by atoms with Crippen LogP contribution in [0.4, 0.5) is 0 Å². The van der Waals surface area contributed by atoms with Crippen molar-refractivity contribution in [2.75, 3.05) is 25.2 Å². The highest BCUT2D eigenvalue weighted by Crippen LogP contribution is 2.37. The number of rotatable bonds is 5. The highest BCUT2D eigenvalue weighted by Gasteiger charge is 2.42. The van der Waals surface area contributed by atoms with Crippen LogP contribution >= 0.6 is 24.0 Å². The van der Waals surface area contributed by atoms with Crippen LogP contribution in [0.1, 0.15) is 18.9 Å². The molecule has 0 radical (unpaired) electrons. The summed E-state index contributed by atoms with van der Waals surface area (Å²) >= 11 is 6.51. The topological polar surface area (TPSA) is 72.9 Å². The molecular weight excluding hydrogens is 394 g/mol. The third-order valence-electron chi connectivity index (χ3n) is 4.18. The Hall–Kier alpha value is -1.58. The first-order valence-electron chi connectivity index (χ1n) is 8.13. The lowest BCUT2D eigenvalue weighted by Gasteiger charge is -2.20. The van der Waals surface area contributed by atoms with Crippen LogP contribution in [0.2, 0.25) is 0 Å². The van der Waals surface area contributed by atoms with Crippen LogP contribution in [0.25, 0.3) is 6.08 Å². The monoisotopic (exact) mass is 413 g/mol. The van der Waals surface area contributed by atoms with Crippen LogP contribution < -0.4 is 9.47 Å². The molecule has 2 aliphatic heterocycles. The van der Waals surface area contributed by atoms with Crippen LogP contribution in [0.5, 0.6) is 11.5 Å². The van der Waals surface area contributed by atoms with E-state index < -0.39 is 9.84 Å². The predicted molar refractivity (Wildman–Crippen MR) is 106 cm³/mol. The van der Waals surface area contributed by atoms with E-state index in [2.05, 4.69) is 0 Å². The summed E-state index contributed by atoms with van der Waals surface area (Å²) in [6, 6.07) is 5.05. The van der Waals surface area contributed by atoms with Crippen LogP contribution in [0.15, 0.2) is 23.1 Å². The standard InChI is InChI=1S/C17H19NO5S3/c1-3-23-13-5-4-11(8-14(13)22-2)9-15-16(19)18(17(24)25-15)12-6-7-26(20,21)10-12/h4-5,8-9,12H,3,6-7,10H2,1-2H3/b15-9+/t12-/m0/s1. The number of carbonyl (C=O) groups is 1. The van der Waals surface area contributed by atoms with Gasteiger partial charge in [-0.25, -0.2) is 8.42 Å². The summed E-state index contributed by atoms with van der Waals surface area (Å²) < 4.78 is 34.6. The van der Waals surface area contributed by atoms with E-state index >= 15 is 0 Å². The van der Waals surface area contributed by atoms with Gasteiger partial charge in [-0.05, 0) is 37.1 Å². The number of carbonyl (C=O) groups excluding carboxylic acids is 1. The van der Waals surface area contributed by atoms with Gasteiger partial charge in [-0.15, -0.1) is 0 Å². The van der Waals surface area contributed by atoms with Crippen molar-refractivity contribution in [2.45, 2.75) is 19.4 Å². The maximum Gasteiger partial charge on any atom is 0.266 e. The molecule has 1 aromatic carbocycles. The highest BCUT2D eigenvalue weighted by molar-refractivity contribution is 8.26. The predicted octanol–water partition coefficient (Wildman–Crippen LogP) is 2.48. The molecule has 9 heteroatoms. The lowest BCUT2D eigenvalue weighted by Crippen LogP contribution is -2.39. The number of hydrogen-bond donors (Lipinski definition) is 0. The lowest BCUT2D eigenvalue weighted by atomic mass is 10.1. The van der Waals surface area contributed by atoms with Gasteiger partial charge in [0, 0.05) is 0 Å². The fourth-order valence-electron chi connectivity index (χ4n) is 2.97. The van der Waals surface area contributed by atoms with Gasteiger partial charge in [0.15, 0.2) is 21.3 Å². The minimum absolute atomic E-state index is 0.0242. The number of benzene rings is 1. The van der Waals surface area contributed by atoms with Crippen molar-refractivity contribution in [1.82, 2.24) is 4.90 Å². The molecular formula is C17H19NO5S3. The van der Waals surface area contributed by atoms with Gasteiger partial charge in [0.1, 0.15) is 4.32 Å². The molecule has 3 rings (SSSR count). The summed E-state index contributed by atoms with van der Waals surface area (Å²) in [5, 5.41) is 0. The van der Waals surface area contributed by atoms with Crippen molar-refractivity contribution in [3.63, 3.8) is 0 Å². The van der Waals surface area contributed by atoms with E-state index in [1.807, 2.05) is 13.0 Å². The van der Waals surface area contributed by atoms with Crippen molar-refractivity contribution >= 4 is 50.1 Å². The van der Waals surface area contributed by atoms with Crippen LogP contribution in [-0.2, 0) is 14.6 Å². The van der Waals surface area contributed by atoms with E-state index in [0.29, 0.717) is 33.8 Å². The van der Waals surface area contributed by atoms with Gasteiger partial charge >= 0.3 is 0 Å². The van der Waals surface area contributed by atoms with Gasteiger partial charge in [0.2, 0.25) is 0 Å². The van der Waals surface area contributed by atoms with Crippen molar-refractivity contribution in [1.29, 1.82) is 0 Å². The normalized spacial score (nSPS) is 23.7. The van der Waals surface area contributed by atoms with Crippen molar-refractivity contribution in [3.05, 3.63) is 28.7 Å². The van der Waals surface area contributed by atoms with E-state index in [1.54, 1.807) is 25.3 Å². The summed E-state index contributed by atoms with van der Waals surface area (Å²) in [6.07, 6.45) is 2.17. The van der Waals surface area contributed by atoms with Crippen LogP contribution in [0.3, 0.4) is 0 Å². The highest BCUT2D eigenvalue weighted by atomic mass is 32.2. The maximum atomic E-state index is 12.7. The minimum atomic E-state index is -3.09. The van der Waals surface area contributed by atoms with E-state index in [9.17, 15) is 13.2 Å². The summed E-state index contributed by atoms with van der Waals surface area (Å²) in [5.41, 5.74) is 0.782. The Balaban J connectivity index is 1.84. The zero-order valence-electron chi connectivity index (χ0n) is 14.4. The SMILES string of the molecule is CCOc1ccc(/C=C2/SC(=S)N([C@H]3CCS(=O)(=O)C3)C2=O)cc1OC. The summed E-state index contributed by atoms with van der Waals surface area (Å²) in [5.74, 6) is 1.05. The van der Waals surface area contributed by atoms with Crippen LogP contribution in [-0.4, -0.2) is 54.8 Å². The van der Waals surface area contributed by atoms with E-state index in [-0.39, 0.29) is 23.5 Å². The molecule has 2 heterocycles. The van der Waals surface area contributed by atoms with Gasteiger partial charge in [-0.3, -0.25) is 9.69 Å². The molecule has 0 unspecified atom stereocenters. The van der Waals surface area contributed by atoms with Crippen molar-refractivity contribution in [2.24, 2.45) is 0 Å². The average Bonchev–Trinajstić information content (AvgIpc) is 3.07. The molecule has 0 spiro atoms. The van der Waals surface area contributed by atoms with Crippen molar-refractivity contribution in [3.8, 4) is 11.5 Å². The first-order valence-corrected chi connectivity index (χ1v) is 11.2. The fraction of sp³-hybridized carbons (Fsp3) is 0.412. The second kappa shape index (κ2) is 7.58. The number of amides is 1. The Bertz CT molecular complexity index is 878. The smallest absolute Gasteiger partial charge is 0.266 e. The molecule has 0 aliphatic carbocycles. The second-order valence-electron chi connectivity index (χ2n) is 5.95. The summed E-state index contributed by atoms with van der Waals surface area (Å²) in [7, 11) is -1.53. The third-order valence-corrected chi connectivity index (χ3v) is 7.26. The zero-order chi connectivity index (χ0) is 18.9. The lowest BCUT2D eigenvalue weighted by molar-refractivity contribution is -0.123. The molecule has 0 saturated carbocycles. The molecule has 6 nitrogen and oxygen atoms in total. The van der Waals surface area contributed by atoms with Gasteiger partial charge in [0.25, 0.3) is 5.91 Å². The molecule has 2 saturated heterocycles. The Morgan fingerprint density at radius 2 is 2.15 bits per heavy atom. The van der Waals surface area contributed by atoms with E-state index in [1.165, 1.54) is 16.7 Å². The number of ether oxygens (including phenoxy) is 2. The molecule has 0 aromatic heterocycles. The van der Waals surface area contributed by atoms with Gasteiger partial charge in [-0.2, -0.15) is 0 Å². The molecule has 0 bridgehead atoms. The number of hydrogen-bond acceptors (Lipinski definition) is 7. The molecule has 26 heavy (non-hydrogen) atoms. The van der Waals surface area contributed by atoms with E-state index in [0.717, 1.165) is 5.56 Å². The fourth-order valence-corrected chi connectivity index (χ4v) is 6.07. The molecule has 140 valence electrons. The van der Waals surface area contributed by atoms with E-state index in [4.69, 9.17) is 21.7 Å². The summed E-state index contributed by atoms with van der Waals surface area (Å²) in [6.45, 7) is 2.42. The largest absolute Gasteiger partial charge is 0.493 e. The van der Waals surface area contributed by atoms with Gasteiger partial charge < -0.3 is 9.47 Å². The van der Waals surface area contributed by atoms with Gasteiger partial charge in [-0.1, -0.05) is 30.0 Å². The zero-order valence-corrected chi connectivity index (χ0v) is 16.9. The molecule has 0 N–H and O–H groups in total. The quantitative estimate of drug-likeness (QED) is 0.542. The molecule has 2 fully saturated rings. The van der Waals surface area contributed by atoms with Gasteiger partial charge in [0.05, 0.1) is 36.2 Å². The van der Waals surface area contributed by atoms with Crippen LogP contribution in [0, 0.1) is 0 Å². The van der Waals surface area contributed by atoms with Crippen molar-refractivity contribution < 1.29 is 22.7 Å². The number of thioether (sulfide) groups is 1. The number of sulfone groups is 1. The minimum Gasteiger partial charge on any atom is -0.493 e. The second-order valence-corrected chi connectivity index (χ2v) is 9.86. The Labute approximate surface area is 162 Å². The number of thiocarbonyl (C=S) groups is 1. The first-order chi connectivity index (χ1) is 12.3. The Kier molecular flexibility index (Phi) is 5.59. The average molecular weight is 414 g/mol. The molecule has 2 aliphatic rings. The Morgan fingerprint density at radius 1 is 1.38 bits per heavy atom. The number of nitrogens with zero attached hydrogens (tertiary/aromatic N) is 1. The Morgan fingerprint density at radius 3 is 2.77 bits per heavy atom. The maximum absolute atomic E-state index is 12.7. The molecule has 1 aromatic rings. The molecule has 1 atom stereocenters.